The van der Waals surface area contributed by atoms with Crippen LogP contribution >= 0.6 is 0 Å². The number of hydrogen-bond donors (Lipinski definition) is 2. The molecule has 0 aromatic carbocycles. The molecular formula is C19H17N7O. The van der Waals surface area contributed by atoms with Crippen LogP contribution in [0.5, 0.6) is 0 Å². The first-order valence-corrected chi connectivity index (χ1v) is 8.71. The van der Waals surface area contributed by atoms with Crippen molar-refractivity contribution in [2.24, 2.45) is 5.73 Å². The second-order valence-electron chi connectivity index (χ2n) is 6.77. The van der Waals surface area contributed by atoms with Gasteiger partial charge in [0.2, 0.25) is 5.91 Å². The fourth-order valence-electron chi connectivity index (χ4n) is 3.47. The molecular weight excluding hydrogens is 342 g/mol. The SMILES string of the molecule is CNc1ncc(-c2nc3ccccn3n2)c2cc(C3(C(N)=O)CC3)ncc12. The molecule has 0 aliphatic heterocycles. The summed E-state index contributed by atoms with van der Waals surface area (Å²) in [6.07, 6.45) is 6.80. The summed E-state index contributed by atoms with van der Waals surface area (Å²) in [5.41, 5.74) is 7.22. The summed E-state index contributed by atoms with van der Waals surface area (Å²) in [4.78, 5) is 25.6. The standard InChI is InChI=1S/C19H17N7O/c1-21-16-12-9-22-14(19(5-6-19)18(20)27)8-11(12)13(10-23-16)17-24-15-4-2-3-7-26(15)25-17/h2-4,7-10H,5-6H2,1H3,(H2,20,27)(H,21,23). The number of fused-ring (bicyclic) bond motifs is 2. The fraction of sp³-hybridized carbons (Fsp3) is 0.211. The number of primary amides is 1. The molecule has 0 bridgehead atoms. The van der Waals surface area contributed by atoms with E-state index in [9.17, 15) is 4.79 Å². The molecule has 4 aromatic heterocycles. The van der Waals surface area contributed by atoms with Gasteiger partial charge in [-0.1, -0.05) is 6.07 Å². The Bertz CT molecular complexity index is 1180. The van der Waals surface area contributed by atoms with Gasteiger partial charge in [-0.05, 0) is 31.0 Å². The predicted molar refractivity (Wildman–Crippen MR) is 101 cm³/mol. The minimum absolute atomic E-state index is 0.329. The Balaban J connectivity index is 1.77. The van der Waals surface area contributed by atoms with Gasteiger partial charge < -0.3 is 11.1 Å². The average Bonchev–Trinajstić information content (AvgIpc) is 3.40. The Kier molecular flexibility index (Phi) is 3.18. The number of pyridine rings is 3. The second kappa shape index (κ2) is 5.47. The minimum Gasteiger partial charge on any atom is -0.373 e. The molecule has 0 unspecified atom stereocenters. The first kappa shape index (κ1) is 15.7. The molecule has 134 valence electrons. The van der Waals surface area contributed by atoms with E-state index in [2.05, 4.69) is 25.4 Å². The van der Waals surface area contributed by atoms with Gasteiger partial charge in [0.15, 0.2) is 11.5 Å². The van der Waals surface area contributed by atoms with Crippen LogP contribution in [0.2, 0.25) is 0 Å². The molecule has 27 heavy (non-hydrogen) atoms. The maximum Gasteiger partial charge on any atom is 0.229 e. The number of nitrogens with one attached hydrogen (secondary N) is 1. The van der Waals surface area contributed by atoms with Crippen molar-refractivity contribution in [1.29, 1.82) is 0 Å². The summed E-state index contributed by atoms with van der Waals surface area (Å²) in [6.45, 7) is 0. The zero-order valence-corrected chi connectivity index (χ0v) is 14.7. The Hall–Kier alpha value is -3.55. The average molecular weight is 359 g/mol. The van der Waals surface area contributed by atoms with E-state index in [0.717, 1.165) is 34.8 Å². The lowest BCUT2D eigenvalue weighted by Crippen LogP contribution is -2.29. The highest BCUT2D eigenvalue weighted by Crippen LogP contribution is 2.48. The molecule has 3 N–H and O–H groups in total. The highest BCUT2D eigenvalue weighted by molar-refractivity contribution is 6.01. The molecule has 4 heterocycles. The first-order valence-electron chi connectivity index (χ1n) is 8.71. The van der Waals surface area contributed by atoms with Crippen LogP contribution in [-0.2, 0) is 10.2 Å². The topological polar surface area (TPSA) is 111 Å². The third-order valence-electron chi connectivity index (χ3n) is 5.20. The van der Waals surface area contributed by atoms with Gasteiger partial charge in [-0.25, -0.2) is 14.5 Å². The summed E-state index contributed by atoms with van der Waals surface area (Å²) in [6, 6.07) is 7.64. The molecule has 0 atom stereocenters. The molecule has 0 saturated heterocycles. The summed E-state index contributed by atoms with van der Waals surface area (Å²) >= 11 is 0. The minimum atomic E-state index is -0.652. The van der Waals surface area contributed by atoms with Crippen molar-refractivity contribution in [1.82, 2.24) is 24.6 Å². The quantitative estimate of drug-likeness (QED) is 0.576. The van der Waals surface area contributed by atoms with Gasteiger partial charge >= 0.3 is 0 Å². The Morgan fingerprint density at radius 1 is 1.22 bits per heavy atom. The number of aromatic nitrogens is 5. The Labute approximate surface area is 154 Å². The third kappa shape index (κ3) is 2.26. The lowest BCUT2D eigenvalue weighted by molar-refractivity contribution is -0.120. The van der Waals surface area contributed by atoms with Crippen LogP contribution in [0.1, 0.15) is 18.5 Å². The van der Waals surface area contributed by atoms with E-state index >= 15 is 0 Å². The van der Waals surface area contributed by atoms with Gasteiger partial charge in [0, 0.05) is 42.0 Å². The van der Waals surface area contributed by atoms with E-state index in [-0.39, 0.29) is 5.91 Å². The van der Waals surface area contributed by atoms with Crippen molar-refractivity contribution in [3.8, 4) is 11.4 Å². The Morgan fingerprint density at radius 3 is 2.78 bits per heavy atom. The number of hydrogen-bond acceptors (Lipinski definition) is 6. The first-order chi connectivity index (χ1) is 13.1. The monoisotopic (exact) mass is 359 g/mol. The number of nitrogens with zero attached hydrogens (tertiary/aromatic N) is 5. The third-order valence-corrected chi connectivity index (χ3v) is 5.20. The van der Waals surface area contributed by atoms with Gasteiger partial charge in [0.05, 0.1) is 11.1 Å². The van der Waals surface area contributed by atoms with Gasteiger partial charge in [-0.2, -0.15) is 0 Å². The van der Waals surface area contributed by atoms with Gasteiger partial charge in [-0.15, -0.1) is 5.10 Å². The van der Waals surface area contributed by atoms with Crippen molar-refractivity contribution in [3.05, 3.63) is 48.5 Å². The van der Waals surface area contributed by atoms with E-state index in [1.165, 1.54) is 0 Å². The molecule has 8 nitrogen and oxygen atoms in total. The fourth-order valence-corrected chi connectivity index (χ4v) is 3.47. The second-order valence-corrected chi connectivity index (χ2v) is 6.77. The predicted octanol–water partition coefficient (Wildman–Crippen LogP) is 1.90. The molecule has 1 aliphatic carbocycles. The highest BCUT2D eigenvalue weighted by Gasteiger charge is 2.51. The maximum absolute atomic E-state index is 11.9. The van der Waals surface area contributed by atoms with Crippen LogP contribution in [0.3, 0.4) is 0 Å². The van der Waals surface area contributed by atoms with E-state index in [1.54, 1.807) is 16.9 Å². The maximum atomic E-state index is 11.9. The van der Waals surface area contributed by atoms with Crippen LogP contribution in [0, 0.1) is 0 Å². The zero-order chi connectivity index (χ0) is 18.6. The van der Waals surface area contributed by atoms with Crippen LogP contribution in [-0.4, -0.2) is 37.5 Å². The molecule has 1 saturated carbocycles. The molecule has 4 aromatic rings. The molecule has 1 aliphatic rings. The molecule has 1 amide bonds. The highest BCUT2D eigenvalue weighted by atomic mass is 16.1. The summed E-state index contributed by atoms with van der Waals surface area (Å²) < 4.78 is 1.72. The number of anilines is 1. The van der Waals surface area contributed by atoms with E-state index in [0.29, 0.717) is 17.3 Å². The zero-order valence-electron chi connectivity index (χ0n) is 14.7. The van der Waals surface area contributed by atoms with E-state index in [1.807, 2.05) is 37.5 Å². The van der Waals surface area contributed by atoms with Crippen LogP contribution in [0.15, 0.2) is 42.9 Å². The summed E-state index contributed by atoms with van der Waals surface area (Å²) in [5, 5.41) is 9.38. The number of carbonyl (C=O) groups is 1. The normalized spacial score (nSPS) is 15.1. The smallest absolute Gasteiger partial charge is 0.229 e. The van der Waals surface area contributed by atoms with Crippen LogP contribution in [0.25, 0.3) is 27.8 Å². The summed E-state index contributed by atoms with van der Waals surface area (Å²) in [7, 11) is 1.81. The number of nitrogens with two attached hydrogens (primary N) is 1. The van der Waals surface area contributed by atoms with E-state index in [4.69, 9.17) is 5.73 Å². The van der Waals surface area contributed by atoms with Gasteiger partial charge in [0.1, 0.15) is 5.82 Å². The molecule has 5 rings (SSSR count). The van der Waals surface area contributed by atoms with Crippen LogP contribution < -0.4 is 11.1 Å². The van der Waals surface area contributed by atoms with Crippen molar-refractivity contribution in [2.45, 2.75) is 18.3 Å². The van der Waals surface area contributed by atoms with Crippen molar-refractivity contribution in [2.75, 3.05) is 12.4 Å². The molecule has 8 heteroatoms. The van der Waals surface area contributed by atoms with Crippen molar-refractivity contribution < 1.29 is 4.79 Å². The largest absolute Gasteiger partial charge is 0.373 e. The lowest BCUT2D eigenvalue weighted by atomic mass is 9.97. The van der Waals surface area contributed by atoms with Crippen LogP contribution in [0.4, 0.5) is 5.82 Å². The lowest BCUT2D eigenvalue weighted by Gasteiger charge is -2.13. The van der Waals surface area contributed by atoms with Crippen molar-refractivity contribution >= 4 is 28.1 Å². The number of carbonyl (C=O) groups excluding carboxylic acids is 1. The Morgan fingerprint density at radius 2 is 2.07 bits per heavy atom. The molecule has 0 spiro atoms. The molecule has 1 fully saturated rings. The number of amides is 1. The summed E-state index contributed by atoms with van der Waals surface area (Å²) in [5.74, 6) is 0.951. The van der Waals surface area contributed by atoms with Gasteiger partial charge in [0.25, 0.3) is 0 Å². The van der Waals surface area contributed by atoms with Gasteiger partial charge in [-0.3, -0.25) is 9.78 Å². The molecule has 0 radical (unpaired) electrons. The number of rotatable bonds is 4. The van der Waals surface area contributed by atoms with E-state index < -0.39 is 5.41 Å². The van der Waals surface area contributed by atoms with Crippen molar-refractivity contribution in [3.63, 3.8) is 0 Å².